The number of aliphatic hydroxyl groups is 1. The summed E-state index contributed by atoms with van der Waals surface area (Å²) in [6.45, 7) is 5.85. The van der Waals surface area contributed by atoms with Crippen molar-refractivity contribution >= 4 is 23.4 Å². The van der Waals surface area contributed by atoms with Crippen LogP contribution in [0.5, 0.6) is 0 Å². The van der Waals surface area contributed by atoms with Gasteiger partial charge in [-0.05, 0) is 51.3 Å². The average molecular weight is 327 g/mol. The highest BCUT2D eigenvalue weighted by Gasteiger charge is 2.43. The van der Waals surface area contributed by atoms with Gasteiger partial charge in [-0.3, -0.25) is 5.32 Å². The molecule has 1 saturated carbocycles. The van der Waals surface area contributed by atoms with E-state index in [0.29, 0.717) is 30.1 Å². The smallest absolute Gasteiger partial charge is 0.412 e. The quantitative estimate of drug-likeness (QED) is 0.797. The first-order chi connectivity index (χ1) is 10.1. The number of hydrogen-bond donors (Lipinski definition) is 3. The summed E-state index contributed by atoms with van der Waals surface area (Å²) in [4.78, 5) is 11.8. The molecule has 0 unspecified atom stereocenters. The highest BCUT2D eigenvalue weighted by atomic mass is 35.5. The number of anilines is 1. The Morgan fingerprint density at radius 1 is 1.50 bits per heavy atom. The van der Waals surface area contributed by atoms with E-state index >= 15 is 0 Å². The average Bonchev–Trinajstić information content (AvgIpc) is 2.35. The Morgan fingerprint density at radius 2 is 2.14 bits per heavy atom. The van der Waals surface area contributed by atoms with Crippen LogP contribution >= 0.6 is 11.6 Å². The van der Waals surface area contributed by atoms with E-state index in [2.05, 4.69) is 5.32 Å². The van der Waals surface area contributed by atoms with Gasteiger partial charge in [-0.2, -0.15) is 0 Å². The summed E-state index contributed by atoms with van der Waals surface area (Å²) < 4.78 is 5.20. The third-order valence-electron chi connectivity index (χ3n) is 3.86. The van der Waals surface area contributed by atoms with Gasteiger partial charge in [0.25, 0.3) is 0 Å². The molecule has 0 bridgehead atoms. The van der Waals surface area contributed by atoms with E-state index in [9.17, 15) is 9.90 Å². The van der Waals surface area contributed by atoms with Crippen LogP contribution in [0.4, 0.5) is 10.5 Å². The molecule has 22 heavy (non-hydrogen) atoms. The number of amides is 1. The Hall–Kier alpha value is -1.30. The zero-order valence-corrected chi connectivity index (χ0v) is 13.9. The second-order valence-electron chi connectivity index (χ2n) is 6.87. The van der Waals surface area contributed by atoms with Gasteiger partial charge in [0.15, 0.2) is 0 Å². The number of hydrogen-bond acceptors (Lipinski definition) is 4. The fraction of sp³-hybridized carbons (Fsp3) is 0.562. The van der Waals surface area contributed by atoms with E-state index in [1.54, 1.807) is 32.9 Å². The maximum absolute atomic E-state index is 11.8. The predicted molar refractivity (Wildman–Crippen MR) is 87.3 cm³/mol. The van der Waals surface area contributed by atoms with Gasteiger partial charge in [0.05, 0.1) is 16.8 Å². The fourth-order valence-electron chi connectivity index (χ4n) is 2.72. The lowest BCUT2D eigenvalue weighted by Crippen LogP contribution is -2.49. The molecule has 1 aromatic rings. The number of nitrogens with one attached hydrogen (secondary N) is 1. The van der Waals surface area contributed by atoms with E-state index in [4.69, 9.17) is 22.1 Å². The highest BCUT2D eigenvalue weighted by Crippen LogP contribution is 2.44. The van der Waals surface area contributed by atoms with Gasteiger partial charge in [0.1, 0.15) is 5.60 Å². The van der Waals surface area contributed by atoms with Crippen molar-refractivity contribution in [2.75, 3.05) is 11.9 Å². The summed E-state index contributed by atoms with van der Waals surface area (Å²) in [5, 5.41) is 12.6. The predicted octanol–water partition coefficient (Wildman–Crippen LogP) is 3.04. The largest absolute Gasteiger partial charge is 0.444 e. The Bertz CT molecular complexity index is 563. The van der Waals surface area contributed by atoms with Gasteiger partial charge >= 0.3 is 6.09 Å². The number of halogens is 1. The summed E-state index contributed by atoms with van der Waals surface area (Å²) in [5.41, 5.74) is 6.55. The van der Waals surface area contributed by atoms with Crippen molar-refractivity contribution in [3.63, 3.8) is 0 Å². The Labute approximate surface area is 135 Å². The third kappa shape index (κ3) is 3.72. The zero-order valence-electron chi connectivity index (χ0n) is 13.1. The van der Waals surface area contributed by atoms with E-state index < -0.39 is 11.7 Å². The van der Waals surface area contributed by atoms with Crippen molar-refractivity contribution in [2.45, 2.75) is 50.7 Å². The summed E-state index contributed by atoms with van der Waals surface area (Å²) in [6, 6.07) is 5.42. The van der Waals surface area contributed by atoms with Crippen LogP contribution in [0.2, 0.25) is 5.02 Å². The van der Waals surface area contributed by atoms with Gasteiger partial charge in [-0.1, -0.05) is 17.7 Å². The Kier molecular flexibility index (Phi) is 4.70. The van der Waals surface area contributed by atoms with Gasteiger partial charge in [0.2, 0.25) is 0 Å². The minimum Gasteiger partial charge on any atom is -0.444 e. The molecule has 1 aliphatic carbocycles. The first-order valence-corrected chi connectivity index (χ1v) is 7.71. The SMILES string of the molecule is CC(C)(C)OC(=O)Nc1ccc(C2(CN)CC(O)C2)cc1Cl. The van der Waals surface area contributed by atoms with E-state index in [1.807, 2.05) is 6.07 Å². The normalized spacial score (nSPS) is 24.5. The van der Waals surface area contributed by atoms with Crippen LogP contribution in [-0.4, -0.2) is 29.4 Å². The lowest BCUT2D eigenvalue weighted by Gasteiger charge is -2.45. The topological polar surface area (TPSA) is 84.6 Å². The lowest BCUT2D eigenvalue weighted by molar-refractivity contribution is 0.0222. The van der Waals surface area contributed by atoms with Crippen LogP contribution < -0.4 is 11.1 Å². The molecule has 0 heterocycles. The summed E-state index contributed by atoms with van der Waals surface area (Å²) in [5.74, 6) is 0. The molecule has 0 saturated heterocycles. The number of rotatable bonds is 3. The number of nitrogens with two attached hydrogens (primary N) is 1. The first kappa shape index (κ1) is 17.1. The van der Waals surface area contributed by atoms with Crippen molar-refractivity contribution in [2.24, 2.45) is 5.73 Å². The van der Waals surface area contributed by atoms with Gasteiger partial charge in [0, 0.05) is 12.0 Å². The van der Waals surface area contributed by atoms with Gasteiger partial charge in [-0.15, -0.1) is 0 Å². The number of benzene rings is 1. The third-order valence-corrected chi connectivity index (χ3v) is 4.17. The van der Waals surface area contributed by atoms with Crippen LogP contribution in [-0.2, 0) is 10.2 Å². The van der Waals surface area contributed by atoms with Crippen molar-refractivity contribution in [3.8, 4) is 0 Å². The van der Waals surface area contributed by atoms with E-state index in [0.717, 1.165) is 5.56 Å². The highest BCUT2D eigenvalue weighted by molar-refractivity contribution is 6.33. The molecule has 1 aliphatic rings. The summed E-state index contributed by atoms with van der Waals surface area (Å²) in [7, 11) is 0. The molecular formula is C16H23ClN2O3. The molecule has 0 aromatic heterocycles. The molecule has 0 aliphatic heterocycles. The monoisotopic (exact) mass is 326 g/mol. The zero-order chi connectivity index (χ0) is 16.5. The molecule has 1 aromatic carbocycles. The molecule has 2 rings (SSSR count). The van der Waals surface area contributed by atoms with Crippen LogP contribution in [0, 0.1) is 0 Å². The number of carbonyl (C=O) groups is 1. The fourth-order valence-corrected chi connectivity index (χ4v) is 2.95. The van der Waals surface area contributed by atoms with Crippen molar-refractivity contribution in [1.29, 1.82) is 0 Å². The molecule has 4 N–H and O–H groups in total. The first-order valence-electron chi connectivity index (χ1n) is 7.33. The molecule has 0 atom stereocenters. The summed E-state index contributed by atoms with van der Waals surface area (Å²) >= 11 is 6.25. The van der Waals surface area contributed by atoms with Crippen LogP contribution in [0.3, 0.4) is 0 Å². The van der Waals surface area contributed by atoms with Crippen LogP contribution in [0.15, 0.2) is 18.2 Å². The lowest BCUT2D eigenvalue weighted by atomic mass is 9.63. The molecule has 1 amide bonds. The number of carbonyl (C=O) groups excluding carboxylic acids is 1. The minimum absolute atomic E-state index is 0.215. The van der Waals surface area contributed by atoms with Gasteiger partial charge < -0.3 is 15.6 Å². The van der Waals surface area contributed by atoms with Crippen molar-refractivity contribution < 1.29 is 14.6 Å². The molecule has 1 fully saturated rings. The molecule has 0 radical (unpaired) electrons. The standard InChI is InChI=1S/C16H23ClN2O3/c1-15(2,3)22-14(21)19-13-5-4-10(6-12(13)17)16(9-18)7-11(20)8-16/h4-6,11,20H,7-9,18H2,1-3H3,(H,19,21). The molecule has 122 valence electrons. The van der Waals surface area contributed by atoms with Crippen LogP contribution in [0.1, 0.15) is 39.2 Å². The summed E-state index contributed by atoms with van der Waals surface area (Å²) in [6.07, 6.45) is 0.425. The number of aliphatic hydroxyl groups excluding tert-OH is 1. The maximum atomic E-state index is 11.8. The molecule has 0 spiro atoms. The Balaban J connectivity index is 2.12. The molecule has 6 heteroatoms. The maximum Gasteiger partial charge on any atom is 0.412 e. The van der Waals surface area contributed by atoms with E-state index in [-0.39, 0.29) is 11.5 Å². The second-order valence-corrected chi connectivity index (χ2v) is 7.28. The molecule has 5 nitrogen and oxygen atoms in total. The van der Waals surface area contributed by atoms with Crippen molar-refractivity contribution in [1.82, 2.24) is 0 Å². The second kappa shape index (κ2) is 6.07. The van der Waals surface area contributed by atoms with Crippen molar-refractivity contribution in [3.05, 3.63) is 28.8 Å². The molecular weight excluding hydrogens is 304 g/mol. The van der Waals surface area contributed by atoms with Crippen LogP contribution in [0.25, 0.3) is 0 Å². The van der Waals surface area contributed by atoms with Gasteiger partial charge in [-0.25, -0.2) is 4.79 Å². The minimum atomic E-state index is -0.567. The van der Waals surface area contributed by atoms with E-state index in [1.165, 1.54) is 0 Å². The number of ether oxygens (including phenoxy) is 1. The Morgan fingerprint density at radius 3 is 2.59 bits per heavy atom.